The predicted octanol–water partition coefficient (Wildman–Crippen LogP) is 2.01. The Morgan fingerprint density at radius 1 is 1.56 bits per heavy atom. The van der Waals surface area contributed by atoms with Gasteiger partial charge in [-0.05, 0) is 41.7 Å². The molecule has 0 aliphatic carbocycles. The third kappa shape index (κ3) is 2.45. The molecule has 1 fully saturated rings. The number of hydrogen-bond acceptors (Lipinski definition) is 4. The minimum Gasteiger partial charge on any atom is -0.229 e. The van der Waals surface area contributed by atoms with E-state index in [4.69, 9.17) is 5.26 Å². The van der Waals surface area contributed by atoms with Crippen LogP contribution in [-0.2, 0) is 16.3 Å². The van der Waals surface area contributed by atoms with Crippen molar-refractivity contribution in [2.45, 2.75) is 19.3 Å². The summed E-state index contributed by atoms with van der Waals surface area (Å²) in [6.45, 7) is 0. The van der Waals surface area contributed by atoms with Crippen LogP contribution in [0.5, 0.6) is 0 Å². The number of nitriles is 1. The maximum atomic E-state index is 11.4. The van der Waals surface area contributed by atoms with Crippen molar-refractivity contribution in [3.05, 3.63) is 22.4 Å². The molecular formula is C11H13NO2S2. The average Bonchev–Trinajstić information content (AvgIpc) is 2.84. The molecule has 2 rings (SSSR count). The van der Waals surface area contributed by atoms with E-state index in [2.05, 4.69) is 11.4 Å². The van der Waals surface area contributed by atoms with Crippen molar-refractivity contribution in [3.63, 3.8) is 0 Å². The van der Waals surface area contributed by atoms with E-state index < -0.39 is 15.3 Å². The van der Waals surface area contributed by atoms with Crippen molar-refractivity contribution < 1.29 is 8.42 Å². The van der Waals surface area contributed by atoms with Gasteiger partial charge in [0.05, 0.1) is 23.0 Å². The summed E-state index contributed by atoms with van der Waals surface area (Å²) >= 11 is 1.63. The number of rotatable bonds is 3. The van der Waals surface area contributed by atoms with Gasteiger partial charge < -0.3 is 0 Å². The van der Waals surface area contributed by atoms with E-state index in [0.717, 1.165) is 6.42 Å². The topological polar surface area (TPSA) is 57.9 Å². The second kappa shape index (κ2) is 4.19. The second-order valence-electron chi connectivity index (χ2n) is 4.37. The van der Waals surface area contributed by atoms with Gasteiger partial charge in [0.2, 0.25) is 0 Å². The molecule has 1 unspecified atom stereocenters. The first-order valence-corrected chi connectivity index (χ1v) is 7.94. The van der Waals surface area contributed by atoms with Crippen LogP contribution >= 0.6 is 11.3 Å². The molecule has 86 valence electrons. The third-order valence-corrected chi connectivity index (χ3v) is 5.65. The first-order chi connectivity index (χ1) is 7.55. The lowest BCUT2D eigenvalue weighted by Crippen LogP contribution is -2.20. The van der Waals surface area contributed by atoms with Crippen molar-refractivity contribution in [3.8, 4) is 6.07 Å². The van der Waals surface area contributed by atoms with Gasteiger partial charge in [-0.25, -0.2) is 8.42 Å². The quantitative estimate of drug-likeness (QED) is 0.830. The summed E-state index contributed by atoms with van der Waals surface area (Å²) in [5, 5.41) is 13.2. The van der Waals surface area contributed by atoms with Crippen molar-refractivity contribution >= 4 is 21.2 Å². The van der Waals surface area contributed by atoms with Gasteiger partial charge in [-0.2, -0.15) is 16.6 Å². The Morgan fingerprint density at radius 2 is 2.38 bits per heavy atom. The first-order valence-electron chi connectivity index (χ1n) is 5.18. The number of hydrogen-bond donors (Lipinski definition) is 0. The minimum absolute atomic E-state index is 0.0423. The van der Waals surface area contributed by atoms with Gasteiger partial charge in [0.25, 0.3) is 0 Å². The zero-order valence-electron chi connectivity index (χ0n) is 8.85. The molecule has 1 aromatic rings. The summed E-state index contributed by atoms with van der Waals surface area (Å²) in [6.07, 6.45) is 1.95. The fourth-order valence-corrected chi connectivity index (χ4v) is 4.82. The largest absolute Gasteiger partial charge is 0.229 e. The van der Waals surface area contributed by atoms with Crippen LogP contribution in [0.1, 0.15) is 18.4 Å². The highest BCUT2D eigenvalue weighted by Crippen LogP contribution is 2.36. The summed E-state index contributed by atoms with van der Waals surface area (Å²) in [6, 6.07) is 4.25. The molecule has 16 heavy (non-hydrogen) atoms. The first kappa shape index (κ1) is 11.6. The Labute approximate surface area is 99.6 Å². The zero-order chi connectivity index (χ0) is 11.6. The van der Waals surface area contributed by atoms with Gasteiger partial charge in [-0.1, -0.05) is 0 Å². The van der Waals surface area contributed by atoms with E-state index >= 15 is 0 Å². The zero-order valence-corrected chi connectivity index (χ0v) is 10.5. The van der Waals surface area contributed by atoms with Crippen LogP contribution in [0, 0.1) is 16.7 Å². The molecule has 1 aliphatic heterocycles. The van der Waals surface area contributed by atoms with Crippen LogP contribution in [0.3, 0.4) is 0 Å². The molecule has 0 aromatic carbocycles. The van der Waals surface area contributed by atoms with E-state index in [1.54, 1.807) is 11.3 Å². The van der Waals surface area contributed by atoms with Crippen molar-refractivity contribution in [1.82, 2.24) is 0 Å². The van der Waals surface area contributed by atoms with Gasteiger partial charge >= 0.3 is 0 Å². The summed E-state index contributed by atoms with van der Waals surface area (Å²) < 4.78 is 22.8. The Morgan fingerprint density at radius 3 is 2.88 bits per heavy atom. The molecule has 1 aliphatic rings. The van der Waals surface area contributed by atoms with Crippen LogP contribution in [0.15, 0.2) is 16.8 Å². The predicted molar refractivity (Wildman–Crippen MR) is 64.0 cm³/mol. The highest BCUT2D eigenvalue weighted by Gasteiger charge is 2.42. The molecule has 0 bridgehead atoms. The lowest BCUT2D eigenvalue weighted by molar-refractivity contribution is 0.416. The number of thiophene rings is 1. The lowest BCUT2D eigenvalue weighted by atomic mass is 9.83. The molecule has 1 aromatic heterocycles. The van der Waals surface area contributed by atoms with E-state index in [1.807, 2.05) is 11.4 Å². The van der Waals surface area contributed by atoms with E-state index in [9.17, 15) is 8.42 Å². The number of sulfone groups is 1. The smallest absolute Gasteiger partial charge is 0.151 e. The molecule has 1 atom stereocenters. The Kier molecular flexibility index (Phi) is 3.04. The highest BCUT2D eigenvalue weighted by atomic mass is 32.2. The molecule has 0 amide bonds. The number of aryl methyl sites for hydroxylation is 1. The van der Waals surface area contributed by atoms with Crippen molar-refractivity contribution in [1.29, 1.82) is 5.26 Å². The molecule has 5 heteroatoms. The molecule has 0 spiro atoms. The molecule has 0 N–H and O–H groups in total. The summed E-state index contributed by atoms with van der Waals surface area (Å²) in [4.78, 5) is 0. The molecular weight excluding hydrogens is 242 g/mol. The molecule has 1 saturated heterocycles. The SMILES string of the molecule is N#CC1(CCc2ccsc2)CCS(=O)(=O)C1. The van der Waals surface area contributed by atoms with Gasteiger partial charge in [0.1, 0.15) is 0 Å². The van der Waals surface area contributed by atoms with Crippen LogP contribution in [0.4, 0.5) is 0 Å². The van der Waals surface area contributed by atoms with Gasteiger partial charge in [0, 0.05) is 0 Å². The minimum atomic E-state index is -2.98. The summed E-state index contributed by atoms with van der Waals surface area (Å²) in [7, 11) is -2.98. The van der Waals surface area contributed by atoms with Crippen molar-refractivity contribution in [2.24, 2.45) is 5.41 Å². The van der Waals surface area contributed by atoms with Crippen molar-refractivity contribution in [2.75, 3.05) is 11.5 Å². The van der Waals surface area contributed by atoms with Gasteiger partial charge in [0.15, 0.2) is 9.84 Å². The van der Waals surface area contributed by atoms with Crippen LogP contribution in [-0.4, -0.2) is 19.9 Å². The summed E-state index contributed by atoms with van der Waals surface area (Å²) in [5.41, 5.74) is 0.560. The Bertz CT molecular complexity index is 499. The Hall–Kier alpha value is -0.860. The third-order valence-electron chi connectivity index (χ3n) is 3.10. The monoisotopic (exact) mass is 255 g/mol. The standard InChI is InChI=1S/C11H13NO2S2/c12-8-11(4-6-16(13,14)9-11)3-1-10-2-5-15-7-10/h2,5,7H,1,3-4,6,9H2. The van der Waals surface area contributed by atoms with Gasteiger partial charge in [-0.3, -0.25) is 0 Å². The maximum Gasteiger partial charge on any atom is 0.151 e. The summed E-state index contributed by atoms with van der Waals surface area (Å²) in [5.74, 6) is 0.213. The average molecular weight is 255 g/mol. The maximum absolute atomic E-state index is 11.4. The fraction of sp³-hybridized carbons (Fsp3) is 0.545. The molecule has 3 nitrogen and oxygen atoms in total. The Balaban J connectivity index is 2.05. The fourth-order valence-electron chi connectivity index (χ4n) is 2.08. The van der Waals surface area contributed by atoms with Gasteiger partial charge in [-0.15, -0.1) is 0 Å². The molecule has 0 radical (unpaired) electrons. The molecule has 0 saturated carbocycles. The van der Waals surface area contributed by atoms with E-state index in [1.165, 1.54) is 5.56 Å². The molecule has 2 heterocycles. The van der Waals surface area contributed by atoms with Crippen LogP contribution in [0.25, 0.3) is 0 Å². The lowest BCUT2D eigenvalue weighted by Gasteiger charge is -2.17. The normalized spacial score (nSPS) is 27.7. The van der Waals surface area contributed by atoms with Crippen LogP contribution < -0.4 is 0 Å². The highest BCUT2D eigenvalue weighted by molar-refractivity contribution is 7.91. The van der Waals surface area contributed by atoms with E-state index in [0.29, 0.717) is 12.8 Å². The van der Waals surface area contributed by atoms with E-state index in [-0.39, 0.29) is 11.5 Å². The van der Waals surface area contributed by atoms with Crippen LogP contribution in [0.2, 0.25) is 0 Å². The second-order valence-corrected chi connectivity index (χ2v) is 7.33. The number of nitrogens with zero attached hydrogens (tertiary/aromatic N) is 1.